The Morgan fingerprint density at radius 1 is 1.62 bits per heavy atom. The van der Waals surface area contributed by atoms with Crippen molar-refractivity contribution in [1.82, 2.24) is 0 Å². The molecular formula is C10H15ClO2. The Kier molecular flexibility index (Phi) is 3.51. The van der Waals surface area contributed by atoms with Gasteiger partial charge in [-0.05, 0) is 26.7 Å². The molecule has 1 aliphatic rings. The third kappa shape index (κ3) is 2.12. The highest BCUT2D eigenvalue weighted by molar-refractivity contribution is 6.25. The summed E-state index contributed by atoms with van der Waals surface area (Å²) in [4.78, 5) is 11.0. The summed E-state index contributed by atoms with van der Waals surface area (Å²) in [5, 5.41) is 0. The van der Waals surface area contributed by atoms with Gasteiger partial charge in [0, 0.05) is 5.54 Å². The number of hydrogen-bond donors (Lipinski definition) is 0. The molecule has 0 aliphatic carbocycles. The predicted molar refractivity (Wildman–Crippen MR) is 52.7 cm³/mol. The van der Waals surface area contributed by atoms with Gasteiger partial charge in [-0.15, -0.1) is 0 Å². The lowest BCUT2D eigenvalue weighted by molar-refractivity contribution is -0.118. The molecule has 0 amide bonds. The van der Waals surface area contributed by atoms with Crippen molar-refractivity contribution in [3.05, 3.63) is 11.6 Å². The van der Waals surface area contributed by atoms with Gasteiger partial charge in [-0.1, -0.05) is 17.7 Å². The molecule has 1 aliphatic heterocycles. The van der Waals surface area contributed by atoms with Crippen LogP contribution in [0.2, 0.25) is 0 Å². The molecule has 0 saturated carbocycles. The third-order valence-corrected chi connectivity index (χ3v) is 2.91. The Bertz CT molecular complexity index is 215. The highest BCUT2D eigenvalue weighted by Gasteiger charge is 2.43. The van der Waals surface area contributed by atoms with Gasteiger partial charge in [0.05, 0.1) is 17.6 Å². The van der Waals surface area contributed by atoms with Gasteiger partial charge < -0.3 is 9.53 Å². The summed E-state index contributed by atoms with van der Waals surface area (Å²) < 4.78 is 5.56. The van der Waals surface area contributed by atoms with E-state index < -0.39 is 0 Å². The van der Waals surface area contributed by atoms with Crippen molar-refractivity contribution in [2.75, 3.05) is 0 Å². The molecule has 0 N–H and O–H groups in total. The summed E-state index contributed by atoms with van der Waals surface area (Å²) in [6.45, 7) is 3.94. The van der Waals surface area contributed by atoms with Crippen LogP contribution in [0.4, 0.5) is 0 Å². The topological polar surface area (TPSA) is 26.3 Å². The van der Waals surface area contributed by atoms with Crippen molar-refractivity contribution in [3.63, 3.8) is 0 Å². The van der Waals surface area contributed by atoms with Crippen LogP contribution in [0.15, 0.2) is 11.6 Å². The maximum atomic E-state index is 11.0. The Labute approximate surface area is 83.9 Å². The van der Waals surface area contributed by atoms with Gasteiger partial charge in [-0.25, -0.2) is 0 Å². The average Bonchev–Trinajstić information content (AvgIpc) is 2.38. The molecule has 0 aromatic carbocycles. The number of carbonyl (C=O) groups is 1. The number of hydrogen-bond acceptors (Lipinski definition) is 2. The van der Waals surface area contributed by atoms with Crippen LogP contribution in [0, 0.1) is 5.41 Å². The minimum absolute atomic E-state index is 0.00660. The van der Waals surface area contributed by atoms with Crippen molar-refractivity contribution < 1.29 is 9.53 Å². The van der Waals surface area contributed by atoms with Crippen molar-refractivity contribution >= 4 is 17.9 Å². The lowest BCUT2D eigenvalue weighted by Gasteiger charge is -2.23. The lowest BCUT2D eigenvalue weighted by atomic mass is 9.79. The van der Waals surface area contributed by atoms with E-state index in [4.69, 9.17) is 16.3 Å². The lowest BCUT2D eigenvalue weighted by Crippen LogP contribution is -2.29. The molecule has 0 radical (unpaired) electrons. The fourth-order valence-corrected chi connectivity index (χ4v) is 2.03. The van der Waals surface area contributed by atoms with Crippen molar-refractivity contribution in [1.29, 1.82) is 0 Å². The zero-order valence-corrected chi connectivity index (χ0v) is 8.75. The van der Waals surface area contributed by atoms with Crippen molar-refractivity contribution in [2.24, 2.45) is 5.41 Å². The Balaban J connectivity index is 2.74. The van der Waals surface area contributed by atoms with Crippen LogP contribution in [0.25, 0.3) is 0 Å². The molecule has 1 fully saturated rings. The summed E-state index contributed by atoms with van der Waals surface area (Å²) >= 11 is 5.45. The smallest absolute Gasteiger partial charge is 0.129 e. The van der Waals surface area contributed by atoms with E-state index in [1.54, 1.807) is 0 Å². The fourth-order valence-electron chi connectivity index (χ4n) is 1.94. The van der Waals surface area contributed by atoms with Gasteiger partial charge in [0.1, 0.15) is 6.29 Å². The molecule has 1 rings (SSSR count). The van der Waals surface area contributed by atoms with E-state index >= 15 is 0 Å². The molecule has 0 bridgehead atoms. The molecule has 1 saturated heterocycles. The summed E-state index contributed by atoms with van der Waals surface area (Å²) in [6, 6.07) is 0. The van der Waals surface area contributed by atoms with Crippen LogP contribution in [0.5, 0.6) is 0 Å². The largest absolute Gasteiger partial charge is 0.374 e. The fraction of sp³-hybridized carbons (Fsp3) is 0.700. The second kappa shape index (κ2) is 4.25. The van der Waals surface area contributed by atoms with E-state index in [0.717, 1.165) is 12.7 Å². The summed E-state index contributed by atoms with van der Waals surface area (Å²) in [6.07, 6.45) is 4.45. The maximum absolute atomic E-state index is 11.0. The van der Waals surface area contributed by atoms with Crippen LogP contribution < -0.4 is 0 Å². The zero-order chi connectivity index (χ0) is 9.90. The first-order valence-corrected chi connectivity index (χ1v) is 4.95. The summed E-state index contributed by atoms with van der Waals surface area (Å²) in [5.74, 6) is 0. The van der Waals surface area contributed by atoms with Gasteiger partial charge in [-0.2, -0.15) is 0 Å². The van der Waals surface area contributed by atoms with E-state index in [2.05, 4.69) is 0 Å². The second-order valence-electron chi connectivity index (χ2n) is 3.71. The molecule has 3 heteroatoms. The normalized spacial score (nSPS) is 39.9. The predicted octanol–water partition coefficient (Wildman–Crippen LogP) is 2.51. The van der Waals surface area contributed by atoms with Gasteiger partial charge in [0.15, 0.2) is 0 Å². The Morgan fingerprint density at radius 3 is 2.69 bits per heavy atom. The molecule has 3 unspecified atom stereocenters. The van der Waals surface area contributed by atoms with E-state index in [1.165, 1.54) is 5.54 Å². The standard InChI is InChI=1S/C10H15ClO2/c1-8-6-10(7-12,4-3-5-11)9(2)13-8/h3,5,7-9H,4,6H2,1-2H3/b5-3+. The van der Waals surface area contributed by atoms with E-state index in [9.17, 15) is 4.79 Å². The minimum atomic E-state index is -0.356. The Morgan fingerprint density at radius 2 is 2.31 bits per heavy atom. The molecule has 0 aromatic rings. The average molecular weight is 203 g/mol. The number of rotatable bonds is 3. The summed E-state index contributed by atoms with van der Waals surface area (Å²) in [5.41, 5.74) is 1.10. The van der Waals surface area contributed by atoms with Crippen molar-refractivity contribution in [3.8, 4) is 0 Å². The molecular weight excluding hydrogens is 188 g/mol. The zero-order valence-electron chi connectivity index (χ0n) is 8.00. The maximum Gasteiger partial charge on any atom is 0.129 e. The van der Waals surface area contributed by atoms with E-state index in [1.807, 2.05) is 19.9 Å². The van der Waals surface area contributed by atoms with Crippen molar-refractivity contribution in [2.45, 2.75) is 38.9 Å². The molecule has 74 valence electrons. The highest BCUT2D eigenvalue weighted by Crippen LogP contribution is 2.39. The van der Waals surface area contributed by atoms with Crippen LogP contribution in [-0.4, -0.2) is 18.5 Å². The number of allylic oxidation sites excluding steroid dienone is 1. The third-order valence-electron chi connectivity index (χ3n) is 2.74. The first kappa shape index (κ1) is 10.7. The second-order valence-corrected chi connectivity index (χ2v) is 3.96. The molecule has 0 aromatic heterocycles. The van der Waals surface area contributed by atoms with Gasteiger partial charge in [-0.3, -0.25) is 0 Å². The van der Waals surface area contributed by atoms with Gasteiger partial charge >= 0.3 is 0 Å². The van der Waals surface area contributed by atoms with E-state index in [0.29, 0.717) is 6.42 Å². The minimum Gasteiger partial charge on any atom is -0.374 e. The highest BCUT2D eigenvalue weighted by atomic mass is 35.5. The van der Waals surface area contributed by atoms with Gasteiger partial charge in [0.25, 0.3) is 0 Å². The number of halogens is 1. The number of ether oxygens (including phenoxy) is 1. The molecule has 0 spiro atoms. The first-order chi connectivity index (χ1) is 6.14. The van der Waals surface area contributed by atoms with Gasteiger partial charge in [0.2, 0.25) is 0 Å². The van der Waals surface area contributed by atoms with E-state index in [-0.39, 0.29) is 17.6 Å². The molecule has 13 heavy (non-hydrogen) atoms. The van der Waals surface area contributed by atoms with Crippen LogP contribution in [0.3, 0.4) is 0 Å². The number of aldehydes is 1. The number of carbonyl (C=O) groups excluding carboxylic acids is 1. The molecule has 2 nitrogen and oxygen atoms in total. The molecule has 1 heterocycles. The first-order valence-electron chi connectivity index (χ1n) is 4.51. The molecule has 3 atom stereocenters. The SMILES string of the molecule is CC1CC(C=O)(C/C=C/Cl)C(C)O1. The van der Waals surface area contributed by atoms with Crippen LogP contribution >= 0.6 is 11.6 Å². The quantitative estimate of drug-likeness (QED) is 0.658. The monoisotopic (exact) mass is 202 g/mol. The van der Waals surface area contributed by atoms with Crippen LogP contribution in [0.1, 0.15) is 26.7 Å². The Hall–Kier alpha value is -0.340. The van der Waals surface area contributed by atoms with Crippen LogP contribution in [-0.2, 0) is 9.53 Å². The summed E-state index contributed by atoms with van der Waals surface area (Å²) in [7, 11) is 0.